The van der Waals surface area contributed by atoms with Gasteiger partial charge < -0.3 is 9.84 Å². The number of allylic oxidation sites excluding steroid dienone is 13. The molecule has 1 aromatic rings. The van der Waals surface area contributed by atoms with Gasteiger partial charge in [-0.1, -0.05) is 20.8 Å². The Morgan fingerprint density at radius 1 is 0.917 bits per heavy atom. The maximum atomic E-state index is 12.5. The number of esters is 1. The topological polar surface area (TPSA) is 87.5 Å². The van der Waals surface area contributed by atoms with Crippen LogP contribution in [0.15, 0.2) is 125 Å². The van der Waals surface area contributed by atoms with E-state index >= 15 is 0 Å². The molecule has 48 heavy (non-hydrogen) atoms. The van der Waals surface area contributed by atoms with Crippen molar-refractivity contribution in [1.82, 2.24) is 0 Å². The first-order valence-corrected chi connectivity index (χ1v) is 17.3. The number of aliphatic hydroxyl groups is 1. The molecule has 7 heteroatoms. The molecule has 0 saturated heterocycles. The summed E-state index contributed by atoms with van der Waals surface area (Å²) in [5.41, 5.74) is 18.2. The normalized spacial score (nSPS) is 23.5. The van der Waals surface area contributed by atoms with E-state index in [0.29, 0.717) is 25.0 Å². The fraction of sp³-hybridized carbons (Fsp3) is 0.390. The van der Waals surface area contributed by atoms with Crippen molar-refractivity contribution in [1.29, 1.82) is 0 Å². The molecule has 0 unspecified atom stereocenters. The van der Waals surface area contributed by atoms with Crippen LogP contribution in [-0.4, -0.2) is 35.3 Å². The molecule has 8 bridgehead atoms. The summed E-state index contributed by atoms with van der Waals surface area (Å²) in [6, 6.07) is 4.29. The molecule has 0 saturated carbocycles. The van der Waals surface area contributed by atoms with Gasteiger partial charge in [-0.25, -0.2) is 14.6 Å². The lowest BCUT2D eigenvalue weighted by atomic mass is 9.80. The number of fused-ring (bicyclic) bond motifs is 5. The van der Waals surface area contributed by atoms with Crippen molar-refractivity contribution in [2.75, 3.05) is 7.11 Å². The maximum absolute atomic E-state index is 12.5. The number of aliphatic hydroxyl groups excluding tert-OH is 1. The van der Waals surface area contributed by atoms with Crippen LogP contribution < -0.4 is 4.57 Å². The van der Waals surface area contributed by atoms with Crippen molar-refractivity contribution in [3.8, 4) is 0 Å². The zero-order chi connectivity index (χ0) is 34.0. The molecule has 4 aliphatic heterocycles. The molecule has 2 atom stereocenters. The van der Waals surface area contributed by atoms with E-state index in [0.717, 1.165) is 92.5 Å². The highest BCUT2D eigenvalue weighted by molar-refractivity contribution is 6.34. The van der Waals surface area contributed by atoms with E-state index < -0.39 is 0 Å². The predicted molar refractivity (Wildman–Crippen MR) is 192 cm³/mol. The van der Waals surface area contributed by atoms with Crippen molar-refractivity contribution in [2.24, 2.45) is 33.9 Å². The van der Waals surface area contributed by atoms with Crippen LogP contribution in [0.2, 0.25) is 0 Å². The van der Waals surface area contributed by atoms with Crippen LogP contribution in [0.5, 0.6) is 0 Å². The zero-order valence-corrected chi connectivity index (χ0v) is 29.4. The van der Waals surface area contributed by atoms with Crippen molar-refractivity contribution >= 4 is 28.7 Å². The number of aromatic nitrogens is 1. The fourth-order valence-electron chi connectivity index (χ4n) is 8.41. The third-order valence-electron chi connectivity index (χ3n) is 11.1. The van der Waals surface area contributed by atoms with Crippen LogP contribution in [0.1, 0.15) is 85.6 Å². The lowest BCUT2D eigenvalue weighted by Gasteiger charge is -2.21. The van der Waals surface area contributed by atoms with Crippen molar-refractivity contribution in [3.63, 3.8) is 0 Å². The number of hydrogen-bond acceptors (Lipinski definition) is 6. The van der Waals surface area contributed by atoms with Gasteiger partial charge in [-0.05, 0) is 109 Å². The molecule has 7 rings (SSSR count). The summed E-state index contributed by atoms with van der Waals surface area (Å²) in [7, 11) is 3.47. The van der Waals surface area contributed by atoms with Crippen LogP contribution in [-0.2, 0) is 16.6 Å². The van der Waals surface area contributed by atoms with E-state index in [1.165, 1.54) is 29.4 Å². The lowest BCUT2D eigenvalue weighted by molar-refractivity contribution is -0.671. The third-order valence-corrected chi connectivity index (χ3v) is 11.1. The van der Waals surface area contributed by atoms with E-state index in [2.05, 4.69) is 78.2 Å². The Kier molecular flexibility index (Phi) is 8.05. The van der Waals surface area contributed by atoms with Gasteiger partial charge in [-0.2, -0.15) is 0 Å². The fourth-order valence-corrected chi connectivity index (χ4v) is 8.41. The minimum Gasteiger partial charge on any atom is -0.511 e. The van der Waals surface area contributed by atoms with E-state index in [-0.39, 0.29) is 17.8 Å². The quantitative estimate of drug-likeness (QED) is 0.251. The Bertz CT molecular complexity index is 2030. The smallest absolute Gasteiger partial charge is 0.305 e. The van der Waals surface area contributed by atoms with Crippen LogP contribution in [0.25, 0.3) is 5.57 Å². The second-order valence-electron chi connectivity index (χ2n) is 13.7. The van der Waals surface area contributed by atoms with Crippen LogP contribution in [0.4, 0.5) is 0 Å². The van der Waals surface area contributed by atoms with E-state index in [9.17, 15) is 9.90 Å². The number of methoxy groups -OCH3 is 1. The van der Waals surface area contributed by atoms with Gasteiger partial charge in [0.25, 0.3) is 0 Å². The van der Waals surface area contributed by atoms with Gasteiger partial charge in [-0.15, -0.1) is 0 Å². The van der Waals surface area contributed by atoms with Crippen molar-refractivity contribution in [3.05, 3.63) is 115 Å². The Balaban J connectivity index is 1.55. The highest BCUT2D eigenvalue weighted by Crippen LogP contribution is 2.51. The molecule has 5 heterocycles. The van der Waals surface area contributed by atoms with Crippen LogP contribution in [0.3, 0.4) is 0 Å². The highest BCUT2D eigenvalue weighted by Gasteiger charge is 2.42. The predicted octanol–water partition coefficient (Wildman–Crippen LogP) is 8.26. The highest BCUT2D eigenvalue weighted by atomic mass is 16.5. The SMILES string of the molecule is CCC1=C(C)C2=NC1=CC1=C(C)C3=C(O)CC(=C3C1)C1=NC(=C(c3cc[n+](C)cc3)C3=NC(=C2)C(CC)=C3C)[C@@H](C)[C@@H]1CCC(=O)OC. The third kappa shape index (κ3) is 4.97. The summed E-state index contributed by atoms with van der Waals surface area (Å²) in [6.07, 6.45) is 12.3. The van der Waals surface area contributed by atoms with Gasteiger partial charge in [0.2, 0.25) is 0 Å². The van der Waals surface area contributed by atoms with Crippen LogP contribution in [0, 0.1) is 11.8 Å². The second kappa shape index (κ2) is 12.1. The summed E-state index contributed by atoms with van der Waals surface area (Å²) in [6.45, 7) is 13.1. The van der Waals surface area contributed by atoms with E-state index in [1.54, 1.807) is 0 Å². The maximum Gasteiger partial charge on any atom is 0.305 e. The number of hydrogen-bond donors (Lipinski definition) is 1. The molecule has 1 aromatic heterocycles. The Labute approximate surface area is 283 Å². The minimum absolute atomic E-state index is 0.00641. The van der Waals surface area contributed by atoms with Gasteiger partial charge >= 0.3 is 5.97 Å². The van der Waals surface area contributed by atoms with Crippen molar-refractivity contribution < 1.29 is 19.2 Å². The Morgan fingerprint density at radius 3 is 2.29 bits per heavy atom. The molecule has 246 valence electrons. The van der Waals surface area contributed by atoms with Crippen molar-refractivity contribution in [2.45, 2.75) is 80.1 Å². The number of carbonyl (C=O) groups excluding carboxylic acids is 1. The number of aryl methyl sites for hydroxylation is 1. The lowest BCUT2D eigenvalue weighted by Crippen LogP contribution is -2.26. The number of ether oxygens (including phenoxy) is 1. The summed E-state index contributed by atoms with van der Waals surface area (Å²) in [5.74, 6) is 0.165. The second-order valence-corrected chi connectivity index (χ2v) is 13.7. The molecule has 6 aliphatic rings. The Hall–Kier alpha value is -4.65. The number of nitrogens with zero attached hydrogens (tertiary/aromatic N) is 4. The molecule has 2 aliphatic carbocycles. The largest absolute Gasteiger partial charge is 0.511 e. The molecule has 1 N–H and O–H groups in total. The van der Waals surface area contributed by atoms with E-state index in [1.807, 2.05) is 11.6 Å². The van der Waals surface area contributed by atoms with Gasteiger partial charge in [-0.3, -0.25) is 9.79 Å². The molecule has 0 amide bonds. The van der Waals surface area contributed by atoms with Gasteiger partial charge in [0.05, 0.1) is 35.6 Å². The summed E-state index contributed by atoms with van der Waals surface area (Å²) in [5, 5.41) is 11.5. The zero-order valence-electron chi connectivity index (χ0n) is 29.4. The van der Waals surface area contributed by atoms with Crippen LogP contribution >= 0.6 is 0 Å². The molecule has 0 spiro atoms. The number of aliphatic imine (C=N–C) groups is 3. The monoisotopic (exact) mass is 641 g/mol. The number of rotatable bonds is 6. The molecule has 0 radical (unpaired) electrons. The molecule has 7 nitrogen and oxygen atoms in total. The average molecular weight is 642 g/mol. The number of carbonyl (C=O) groups is 1. The van der Waals surface area contributed by atoms with Gasteiger partial charge in [0, 0.05) is 53.7 Å². The van der Waals surface area contributed by atoms with E-state index in [4.69, 9.17) is 19.7 Å². The summed E-state index contributed by atoms with van der Waals surface area (Å²) < 4.78 is 7.13. The van der Waals surface area contributed by atoms with Gasteiger partial charge in [0.15, 0.2) is 12.4 Å². The average Bonchev–Trinajstić information content (AvgIpc) is 3.83. The standard InChI is InChI=1S/C41H44N4O3/c1-9-27-22(4)32-20-34-28(10-2)23(5)39(43-34)38(25-13-15-45(7)16-14-25)40-24(6)29(11-12-36(47)48-8)41(44-40)31-19-35(46)37-21(3)26(17-30(31)37)18-33(27)42-32/h13-16,18,20,24,29H,9-12,17,19H2,1-8H3/p+1/t24-,29-/m0/s1. The number of pyridine rings is 1. The first kappa shape index (κ1) is 31.9. The first-order valence-electron chi connectivity index (χ1n) is 17.3. The summed E-state index contributed by atoms with van der Waals surface area (Å²) in [4.78, 5) is 28.7. The minimum atomic E-state index is -0.223. The first-order chi connectivity index (χ1) is 23.1. The Morgan fingerprint density at radius 2 is 1.60 bits per heavy atom. The van der Waals surface area contributed by atoms with Gasteiger partial charge in [0.1, 0.15) is 12.8 Å². The summed E-state index contributed by atoms with van der Waals surface area (Å²) >= 11 is 0. The molecule has 0 fully saturated rings. The molecular weight excluding hydrogens is 596 g/mol. The molecule has 0 aromatic carbocycles. The molecular formula is C41H45N4O3+.